The van der Waals surface area contributed by atoms with E-state index >= 15 is 0 Å². The molecule has 34 heavy (non-hydrogen) atoms. The van der Waals surface area contributed by atoms with E-state index in [-0.39, 0.29) is 18.3 Å². The first kappa shape index (κ1) is 22.9. The molecule has 0 saturated carbocycles. The molecule has 6 heteroatoms. The van der Waals surface area contributed by atoms with Crippen LogP contribution in [-0.2, 0) is 11.2 Å². The van der Waals surface area contributed by atoms with E-state index < -0.39 is 5.92 Å². The van der Waals surface area contributed by atoms with Crippen LogP contribution in [0, 0.1) is 11.3 Å². The van der Waals surface area contributed by atoms with Crippen molar-refractivity contribution in [2.75, 3.05) is 6.61 Å². The molecule has 1 atom stereocenters. The minimum absolute atomic E-state index is 0.0380. The highest BCUT2D eigenvalue weighted by molar-refractivity contribution is 5.75. The summed E-state index contributed by atoms with van der Waals surface area (Å²) < 4.78 is 17.0. The van der Waals surface area contributed by atoms with Gasteiger partial charge in [0.2, 0.25) is 5.88 Å². The molecule has 3 aromatic carbocycles. The Morgan fingerprint density at radius 1 is 1.06 bits per heavy atom. The van der Waals surface area contributed by atoms with Crippen molar-refractivity contribution in [3.63, 3.8) is 0 Å². The molecule has 1 aliphatic heterocycles. The zero-order valence-corrected chi connectivity index (χ0v) is 19.0. The number of nitrogens with two attached hydrogens (primary N) is 1. The molecule has 0 bridgehead atoms. The van der Waals surface area contributed by atoms with Crippen molar-refractivity contribution in [3.05, 3.63) is 101 Å². The second-order valence-corrected chi connectivity index (χ2v) is 8.03. The number of fused-ring (bicyclic) bond motifs is 1. The molecule has 0 aromatic heterocycles. The van der Waals surface area contributed by atoms with Crippen LogP contribution >= 0.6 is 0 Å². The van der Waals surface area contributed by atoms with Crippen LogP contribution in [0.2, 0.25) is 0 Å². The first-order chi connectivity index (χ1) is 16.6. The van der Waals surface area contributed by atoms with Crippen molar-refractivity contribution in [1.82, 2.24) is 0 Å². The fourth-order valence-corrected chi connectivity index (χ4v) is 3.86. The maximum Gasteiger partial charge on any atom is 0.315 e. The van der Waals surface area contributed by atoms with Crippen molar-refractivity contribution in [1.29, 1.82) is 5.26 Å². The van der Waals surface area contributed by atoms with Crippen LogP contribution in [0.25, 0.3) is 0 Å². The SMILES string of the molecule is CCCCOc1ccc(C2C(C#N)=C(N)Oc3cc(OC(=O)Cc4ccccc4)ccc32)cc1. The van der Waals surface area contributed by atoms with Gasteiger partial charge < -0.3 is 19.9 Å². The van der Waals surface area contributed by atoms with Crippen LogP contribution in [0.4, 0.5) is 0 Å². The van der Waals surface area contributed by atoms with Gasteiger partial charge in [-0.2, -0.15) is 5.26 Å². The summed E-state index contributed by atoms with van der Waals surface area (Å²) in [4.78, 5) is 12.4. The van der Waals surface area contributed by atoms with Gasteiger partial charge in [-0.15, -0.1) is 0 Å². The monoisotopic (exact) mass is 454 g/mol. The number of esters is 1. The van der Waals surface area contributed by atoms with Gasteiger partial charge in [-0.25, -0.2) is 0 Å². The van der Waals surface area contributed by atoms with E-state index in [2.05, 4.69) is 13.0 Å². The van der Waals surface area contributed by atoms with Crippen LogP contribution in [0.15, 0.2) is 84.3 Å². The summed E-state index contributed by atoms with van der Waals surface area (Å²) in [6, 6.07) is 24.4. The molecule has 4 rings (SSSR count). The molecule has 1 heterocycles. The summed E-state index contributed by atoms with van der Waals surface area (Å²) in [5.74, 6) is 0.851. The van der Waals surface area contributed by atoms with Crippen LogP contribution < -0.4 is 19.9 Å². The first-order valence-corrected chi connectivity index (χ1v) is 11.3. The van der Waals surface area contributed by atoms with Crippen molar-refractivity contribution in [3.8, 4) is 23.3 Å². The van der Waals surface area contributed by atoms with Crippen molar-refractivity contribution < 1.29 is 19.0 Å². The lowest BCUT2D eigenvalue weighted by molar-refractivity contribution is -0.133. The van der Waals surface area contributed by atoms with Gasteiger partial charge >= 0.3 is 5.97 Å². The van der Waals surface area contributed by atoms with E-state index in [9.17, 15) is 10.1 Å². The van der Waals surface area contributed by atoms with Gasteiger partial charge in [-0.05, 0) is 35.7 Å². The third kappa shape index (κ3) is 5.21. The molecule has 0 radical (unpaired) electrons. The third-order valence-corrected chi connectivity index (χ3v) is 5.59. The highest BCUT2D eigenvalue weighted by Gasteiger charge is 2.31. The van der Waals surface area contributed by atoms with E-state index in [1.807, 2.05) is 54.6 Å². The Hall–Kier alpha value is -4.24. The summed E-state index contributed by atoms with van der Waals surface area (Å²) in [6.07, 6.45) is 2.22. The van der Waals surface area contributed by atoms with Gasteiger partial charge in [0.1, 0.15) is 28.9 Å². The molecular formula is C28H26N2O4. The van der Waals surface area contributed by atoms with Gasteiger partial charge in [0.15, 0.2) is 0 Å². The molecule has 1 aliphatic rings. The Balaban J connectivity index is 1.56. The Bertz CT molecular complexity index is 1230. The molecule has 0 saturated heterocycles. The number of nitriles is 1. The summed E-state index contributed by atoms with van der Waals surface area (Å²) in [5.41, 5.74) is 8.96. The van der Waals surface area contributed by atoms with E-state index in [1.165, 1.54) is 0 Å². The lowest BCUT2D eigenvalue weighted by Gasteiger charge is -2.26. The molecule has 0 aliphatic carbocycles. The molecule has 172 valence electrons. The van der Waals surface area contributed by atoms with E-state index in [4.69, 9.17) is 19.9 Å². The maximum atomic E-state index is 12.4. The topological polar surface area (TPSA) is 94.6 Å². The number of benzene rings is 3. The fraction of sp³-hybridized carbons (Fsp3) is 0.214. The van der Waals surface area contributed by atoms with E-state index in [0.29, 0.717) is 23.7 Å². The Morgan fingerprint density at radius 2 is 1.79 bits per heavy atom. The number of carbonyl (C=O) groups excluding carboxylic acids is 1. The largest absolute Gasteiger partial charge is 0.494 e. The molecule has 0 fully saturated rings. The Labute approximate surface area is 199 Å². The molecule has 3 aromatic rings. The molecule has 6 nitrogen and oxygen atoms in total. The second kappa shape index (κ2) is 10.6. The molecular weight excluding hydrogens is 428 g/mol. The lowest BCUT2D eigenvalue weighted by Crippen LogP contribution is -2.21. The normalized spacial score (nSPS) is 14.5. The van der Waals surface area contributed by atoms with Crippen LogP contribution in [0.3, 0.4) is 0 Å². The standard InChI is InChI=1S/C28H26N2O4/c1-2-3-15-32-21-11-9-20(10-12-21)27-23-14-13-22(17-25(23)34-28(30)24(27)18-29)33-26(31)16-19-7-5-4-6-8-19/h4-14,17,27H,2-3,15-16,30H2,1H3. The van der Waals surface area contributed by atoms with Crippen molar-refractivity contribution in [2.45, 2.75) is 32.1 Å². The quantitative estimate of drug-likeness (QED) is 0.284. The summed E-state index contributed by atoms with van der Waals surface area (Å²) in [5, 5.41) is 9.77. The van der Waals surface area contributed by atoms with Crippen molar-refractivity contribution >= 4 is 5.97 Å². The van der Waals surface area contributed by atoms with Gasteiger partial charge in [0.05, 0.1) is 18.9 Å². The number of ether oxygens (including phenoxy) is 3. The van der Waals surface area contributed by atoms with E-state index in [0.717, 1.165) is 35.3 Å². The highest BCUT2D eigenvalue weighted by Crippen LogP contribution is 2.43. The Kier molecular flexibility index (Phi) is 7.14. The summed E-state index contributed by atoms with van der Waals surface area (Å²) in [6.45, 7) is 2.78. The predicted octanol–water partition coefficient (Wildman–Crippen LogP) is 5.23. The third-order valence-electron chi connectivity index (χ3n) is 5.59. The summed E-state index contributed by atoms with van der Waals surface area (Å²) >= 11 is 0. The fourth-order valence-electron chi connectivity index (χ4n) is 3.86. The number of carbonyl (C=O) groups is 1. The van der Waals surface area contributed by atoms with Crippen LogP contribution in [0.1, 0.15) is 42.4 Å². The number of allylic oxidation sites excluding steroid dienone is 1. The second-order valence-electron chi connectivity index (χ2n) is 8.03. The number of unbranched alkanes of at least 4 members (excludes halogenated alkanes) is 1. The Morgan fingerprint density at radius 3 is 2.50 bits per heavy atom. The minimum Gasteiger partial charge on any atom is -0.494 e. The summed E-state index contributed by atoms with van der Waals surface area (Å²) in [7, 11) is 0. The number of hydrogen-bond donors (Lipinski definition) is 1. The minimum atomic E-state index is -0.396. The zero-order valence-electron chi connectivity index (χ0n) is 19.0. The van der Waals surface area contributed by atoms with Gasteiger partial charge in [-0.3, -0.25) is 4.79 Å². The number of nitrogens with zero attached hydrogens (tertiary/aromatic N) is 1. The number of hydrogen-bond acceptors (Lipinski definition) is 6. The lowest BCUT2D eigenvalue weighted by atomic mass is 9.83. The van der Waals surface area contributed by atoms with E-state index in [1.54, 1.807) is 18.2 Å². The number of rotatable bonds is 8. The average molecular weight is 455 g/mol. The van der Waals surface area contributed by atoms with Crippen LogP contribution in [-0.4, -0.2) is 12.6 Å². The maximum absolute atomic E-state index is 12.4. The first-order valence-electron chi connectivity index (χ1n) is 11.3. The van der Waals surface area contributed by atoms with Crippen LogP contribution in [0.5, 0.6) is 17.2 Å². The molecule has 2 N–H and O–H groups in total. The van der Waals surface area contributed by atoms with Gasteiger partial charge in [0, 0.05) is 11.6 Å². The predicted molar refractivity (Wildman–Crippen MR) is 128 cm³/mol. The average Bonchev–Trinajstić information content (AvgIpc) is 2.84. The smallest absolute Gasteiger partial charge is 0.315 e. The van der Waals surface area contributed by atoms with Gasteiger partial charge in [-0.1, -0.05) is 61.9 Å². The van der Waals surface area contributed by atoms with Crippen molar-refractivity contribution in [2.24, 2.45) is 5.73 Å². The molecule has 0 spiro atoms. The molecule has 1 unspecified atom stereocenters. The molecule has 0 amide bonds. The van der Waals surface area contributed by atoms with Gasteiger partial charge in [0.25, 0.3) is 0 Å². The zero-order chi connectivity index (χ0) is 23.9. The highest BCUT2D eigenvalue weighted by atomic mass is 16.5.